The Morgan fingerprint density at radius 3 is 1.15 bits per heavy atom. The summed E-state index contributed by atoms with van der Waals surface area (Å²) in [6, 6.07) is -6.95. The molecule has 0 bridgehead atoms. The number of allylic oxidation sites excluding steroid dienone is 3. The van der Waals surface area contributed by atoms with Gasteiger partial charge < -0.3 is 185 Å². The van der Waals surface area contributed by atoms with Crippen molar-refractivity contribution in [2.75, 3.05) is 46.2 Å². The number of nitrogens with one attached hydrogen (secondary N) is 4. The predicted molar refractivity (Wildman–Crippen MR) is 477 cm³/mol. The fraction of sp³-hybridized carbons (Fsp3) is 0.891. The first-order valence-corrected chi connectivity index (χ1v) is 48.9. The Kier molecular flexibility index (Phi) is 55.0. The summed E-state index contributed by atoms with van der Waals surface area (Å²) in [5.74, 6) is -14.5. The van der Waals surface area contributed by atoms with E-state index >= 15 is 0 Å². The minimum Gasteiger partial charge on any atom is -0.477 e. The van der Waals surface area contributed by atoms with Crippen LogP contribution in [0.3, 0.4) is 0 Å². The standard InChI is InChI=1S/C92H162N4O39/c1-6-8-10-12-14-16-18-20-21-22-23-24-25-26-27-28-29-31-33-35-37-39-41-43-66(111)96-56(57(106)42-40-38-36-34-32-30-19-17-15-13-11-9-7-2)52-124-86-75(117)74(116)78(64(50-101)127-86)129-88-77(119)84(135-92(90(122)123)45-59(108)68(94-54(4)104)82(133-92)71(113)61(110)47-98)79(65(51-102)128-88)130-85-69(95-55(5)105)80(72(114)62(48-99)125-85)131-87-76(118)83(73(115)63(49-100)126-87)134-91(89(120)121)44-58(107)67(93-53(3)103)81(132-91)70(112)60(109)46-97/h20-21,40,42,56-65,67-88,97-102,106-110,112-119H,6-19,22-39,41,43-52H2,1-5H3,(H,93,103)(H,94,104)(H,95,105)(H,96,111)(H,120,121)(H,122,123)/b21-20-,42-40+/t56-,57+,58?,59?,60+,61+,62?,63?,64?,65?,67+,68+,69?,70+,71+,72-,73-,74+,75?,76?,77?,78+,79-,80+,81?,82?,83-,84+,85-,86+,87-,88-,91-,92-/m0/s1. The highest BCUT2D eigenvalue weighted by Crippen LogP contribution is 2.43. The van der Waals surface area contributed by atoms with E-state index in [1.165, 1.54) is 134 Å². The van der Waals surface area contributed by atoms with Gasteiger partial charge in [0, 0.05) is 40.0 Å². The van der Waals surface area contributed by atoms with Crippen LogP contribution in [0.1, 0.15) is 266 Å². The lowest BCUT2D eigenvalue weighted by atomic mass is 9.88. The first-order chi connectivity index (χ1) is 64.6. The average Bonchev–Trinajstić information content (AvgIpc) is 0.748. The van der Waals surface area contributed by atoms with Crippen LogP contribution in [0.4, 0.5) is 0 Å². The molecule has 6 rings (SSSR count). The third-order valence-electron chi connectivity index (χ3n) is 25.7. The van der Waals surface area contributed by atoms with Gasteiger partial charge in [-0.05, 0) is 44.9 Å². The van der Waals surface area contributed by atoms with Gasteiger partial charge in [-0.1, -0.05) is 205 Å². The number of amides is 4. The summed E-state index contributed by atoms with van der Waals surface area (Å²) >= 11 is 0. The molecule has 0 aromatic carbocycles. The number of aliphatic carboxylic acids is 2. The summed E-state index contributed by atoms with van der Waals surface area (Å²) in [4.78, 5) is 79.8. The van der Waals surface area contributed by atoms with Crippen LogP contribution in [0, 0.1) is 0 Å². The molecule has 4 amide bonds. The van der Waals surface area contributed by atoms with Gasteiger partial charge in [0.05, 0.1) is 82.7 Å². The van der Waals surface area contributed by atoms with Crippen LogP contribution in [0.2, 0.25) is 0 Å². The molecule has 0 spiro atoms. The number of hydrogen-bond donors (Lipinski definition) is 25. The molecule has 784 valence electrons. The highest BCUT2D eigenvalue weighted by atomic mass is 16.8. The van der Waals surface area contributed by atoms with Gasteiger partial charge in [-0.25, -0.2) is 9.59 Å². The van der Waals surface area contributed by atoms with E-state index in [0.717, 1.165) is 91.4 Å². The Labute approximate surface area is 790 Å². The number of aliphatic hydroxyl groups is 19. The van der Waals surface area contributed by atoms with Crippen LogP contribution >= 0.6 is 0 Å². The highest BCUT2D eigenvalue weighted by molar-refractivity contribution is 5.78. The van der Waals surface area contributed by atoms with E-state index in [1.807, 2.05) is 0 Å². The number of carbonyl (C=O) groups is 6. The second-order valence-electron chi connectivity index (χ2n) is 36.7. The third-order valence-corrected chi connectivity index (χ3v) is 25.7. The Morgan fingerprint density at radius 1 is 0.385 bits per heavy atom. The molecule has 6 aliphatic rings. The van der Waals surface area contributed by atoms with Gasteiger partial charge in [0.2, 0.25) is 23.6 Å². The molecule has 135 heavy (non-hydrogen) atoms. The first kappa shape index (κ1) is 119. The fourth-order valence-electron chi connectivity index (χ4n) is 18.0. The quantitative estimate of drug-likeness (QED) is 0.0257. The molecule has 0 aromatic rings. The van der Waals surface area contributed by atoms with Gasteiger partial charge in [0.15, 0.2) is 25.2 Å². The summed E-state index contributed by atoms with van der Waals surface area (Å²) in [5, 5.41) is 248. The zero-order chi connectivity index (χ0) is 99.5. The Hall–Kier alpha value is -4.94. The Bertz CT molecular complexity index is 3400. The van der Waals surface area contributed by atoms with Gasteiger partial charge in [-0.3, -0.25) is 19.2 Å². The van der Waals surface area contributed by atoms with Crippen LogP contribution in [0.25, 0.3) is 0 Å². The van der Waals surface area contributed by atoms with Gasteiger partial charge in [-0.2, -0.15) is 0 Å². The monoisotopic (exact) mass is 1950 g/mol. The Morgan fingerprint density at radius 2 is 0.733 bits per heavy atom. The van der Waals surface area contributed by atoms with E-state index < -0.39 is 302 Å². The molecule has 6 saturated heterocycles. The second kappa shape index (κ2) is 62.5. The number of ether oxygens (including phenoxy) is 12. The van der Waals surface area contributed by atoms with E-state index in [-0.39, 0.29) is 6.42 Å². The van der Waals surface area contributed by atoms with Crippen molar-refractivity contribution in [2.24, 2.45) is 0 Å². The van der Waals surface area contributed by atoms with E-state index in [0.29, 0.717) is 12.8 Å². The maximum atomic E-state index is 14.1. The van der Waals surface area contributed by atoms with E-state index in [2.05, 4.69) is 47.3 Å². The number of carboxylic acids is 2. The zero-order valence-corrected chi connectivity index (χ0v) is 78.9. The summed E-state index contributed by atoms with van der Waals surface area (Å²) in [5.41, 5.74) is 0. The van der Waals surface area contributed by atoms with E-state index in [4.69, 9.17) is 56.8 Å². The molecule has 25 N–H and O–H groups in total. The molecular weight excluding hydrogens is 1790 g/mol. The van der Waals surface area contributed by atoms with E-state index in [1.54, 1.807) is 6.08 Å². The van der Waals surface area contributed by atoms with Gasteiger partial charge in [0.1, 0.15) is 134 Å². The molecule has 34 atom stereocenters. The lowest BCUT2D eigenvalue weighted by Gasteiger charge is -2.53. The van der Waals surface area contributed by atoms with Crippen molar-refractivity contribution < 1.29 is 193 Å². The minimum atomic E-state index is -3.50. The molecule has 0 radical (unpaired) electrons. The number of hydrogen-bond acceptors (Lipinski definition) is 37. The lowest BCUT2D eigenvalue weighted by Crippen LogP contribution is -2.72. The predicted octanol–water partition coefficient (Wildman–Crippen LogP) is -0.972. The van der Waals surface area contributed by atoms with Crippen molar-refractivity contribution in [1.82, 2.24) is 21.3 Å². The molecule has 6 aliphatic heterocycles. The second-order valence-corrected chi connectivity index (χ2v) is 36.7. The fourth-order valence-corrected chi connectivity index (χ4v) is 18.0. The molecule has 0 aromatic heterocycles. The maximum absolute atomic E-state index is 14.1. The number of rotatable bonds is 66. The van der Waals surface area contributed by atoms with Crippen LogP contribution < -0.4 is 21.3 Å². The summed E-state index contributed by atoms with van der Waals surface area (Å²) in [6.45, 7) is -0.808. The molecular formula is C92H162N4O39. The van der Waals surface area contributed by atoms with Crippen molar-refractivity contribution in [3.63, 3.8) is 0 Å². The molecule has 12 unspecified atom stereocenters. The van der Waals surface area contributed by atoms with Gasteiger partial charge >= 0.3 is 11.9 Å². The topological polar surface area (TPSA) is 686 Å². The smallest absolute Gasteiger partial charge is 0.364 e. The molecule has 43 nitrogen and oxygen atoms in total. The molecule has 6 heterocycles. The van der Waals surface area contributed by atoms with Crippen LogP contribution in [0.5, 0.6) is 0 Å². The molecule has 43 heteroatoms. The van der Waals surface area contributed by atoms with E-state index in [9.17, 15) is 136 Å². The maximum Gasteiger partial charge on any atom is 0.364 e. The van der Waals surface area contributed by atoms with Crippen molar-refractivity contribution in [2.45, 2.75) is 473 Å². The van der Waals surface area contributed by atoms with Crippen molar-refractivity contribution in [3.05, 3.63) is 24.3 Å². The highest BCUT2D eigenvalue weighted by Gasteiger charge is 2.64. The largest absolute Gasteiger partial charge is 0.477 e. The minimum absolute atomic E-state index is 0.0924. The van der Waals surface area contributed by atoms with Crippen molar-refractivity contribution >= 4 is 35.6 Å². The van der Waals surface area contributed by atoms with Crippen LogP contribution in [-0.2, 0) is 85.6 Å². The van der Waals surface area contributed by atoms with Gasteiger partial charge in [-0.15, -0.1) is 0 Å². The average molecular weight is 1950 g/mol. The van der Waals surface area contributed by atoms with Crippen molar-refractivity contribution in [3.8, 4) is 0 Å². The van der Waals surface area contributed by atoms with Crippen LogP contribution in [-0.4, -0.2) is 396 Å². The lowest BCUT2D eigenvalue weighted by molar-refractivity contribution is -0.405. The van der Waals surface area contributed by atoms with Gasteiger partial charge in [0.25, 0.3) is 11.6 Å². The summed E-state index contributed by atoms with van der Waals surface area (Å²) in [6.07, 6.45) is -20.1. The van der Waals surface area contributed by atoms with Crippen molar-refractivity contribution in [1.29, 1.82) is 0 Å². The summed E-state index contributed by atoms with van der Waals surface area (Å²) in [7, 11) is 0. The molecule has 0 aliphatic carbocycles. The number of carbonyl (C=O) groups excluding carboxylic acids is 4. The SMILES string of the molecule is CCCCCCCC/C=C\CCCCCCCCCCCCCCCC(=O)N[C@@H](CO[C@@H]1OC(CO)[C@@H](O[C@@H]2OC(CO)[C@H](O[C@@H]3OC(CO)[C@H](O)[C@H](O[C@@H]4OC(CO)[C@H](O)[C@H](O[C@]5(C(=O)O)CC(O)[C@@H](NC(C)=O)C([C@H](O)[C@H](O)CO)O5)C4O)C3NC(C)=O)[C@H](O[C@]3(C(=O)O)CC(O)[C@@H](NC(C)=O)C([C@H](O)[C@H](O)CO)O3)C2O)[C@H](O)C1O)[C@H](O)/C=C/CCCCCCCCCCCCC. The number of carboxylic acid groups (broad SMARTS) is 2. The van der Waals surface area contributed by atoms with Crippen LogP contribution in [0.15, 0.2) is 24.3 Å². The normalized spacial score (nSPS) is 33.8. The zero-order valence-electron chi connectivity index (χ0n) is 78.9. The Balaban J connectivity index is 1.24. The first-order valence-electron chi connectivity index (χ1n) is 48.9. The number of aliphatic hydroxyl groups excluding tert-OH is 19. The summed E-state index contributed by atoms with van der Waals surface area (Å²) < 4.78 is 72.5. The third kappa shape index (κ3) is 36.8. The molecule has 0 saturated carbocycles. The molecule has 6 fully saturated rings. The number of unbranched alkanes of at least 4 members (excludes halogenated alkanes) is 30.